The number of nitrogens with zero attached hydrogens (tertiary/aromatic N) is 12. The number of aromatic nitrogens is 12. The zero-order chi connectivity index (χ0) is 83.8. The predicted octanol–water partition coefficient (Wildman–Crippen LogP) is 4.68. The molecule has 0 amide bonds. The fourth-order valence-corrected chi connectivity index (χ4v) is 25.0. The monoisotopic (exact) mass is 1740 g/mol. The summed E-state index contributed by atoms with van der Waals surface area (Å²) >= 11 is 2.87. The van der Waals surface area contributed by atoms with Crippen molar-refractivity contribution in [3.63, 3.8) is 0 Å². The number of anilines is 3. The first-order valence-corrected chi connectivity index (χ1v) is 45.8. The van der Waals surface area contributed by atoms with Crippen molar-refractivity contribution in [2.75, 3.05) is 75.6 Å². The number of esters is 3. The molecule has 42 nitrogen and oxygen atoms in total. The summed E-state index contributed by atoms with van der Waals surface area (Å²) < 4.78 is 111. The van der Waals surface area contributed by atoms with E-state index in [0.29, 0.717) is 0 Å². The molecule has 0 bridgehead atoms. The lowest BCUT2D eigenvalue weighted by molar-refractivity contribution is -0.150. The van der Waals surface area contributed by atoms with Crippen LogP contribution in [0.15, 0.2) is 110 Å². The molecule has 6 aliphatic heterocycles. The molecule has 3 aromatic carbocycles. The standard InChI is InChI=1S/3C23H29N6O8PS/c3*1-12(13-7-5-4-6-8-13)36-20(31)14-10-39-38(33,28-14)35-9-15-17(30)23(2,32)21(37-15)29-11-25-16-18(29)26-22(24)27-19(16)34-3/h3*4-8,11-12,14-15,17,21,30,32H,9-10H2,1-3H3,(H,28,33)(H2,24,26,27)/t12-,14?,15?,17+,21+,23+,38?;12-,14?,15?,17+,21+,23+,38+;12-,14?,15?,17+,21+,23+,38-/m000/s1. The van der Waals surface area contributed by atoms with Crippen LogP contribution in [0.2, 0.25) is 0 Å². The molecular weight excluding hydrogens is 1650 g/mol. The number of benzene rings is 3. The molecule has 6 aliphatic rings. The summed E-state index contributed by atoms with van der Waals surface area (Å²) in [6.07, 6.45) is -8.26. The van der Waals surface area contributed by atoms with Gasteiger partial charge in [0.1, 0.15) is 89.9 Å². The molecule has 48 heteroatoms. The van der Waals surface area contributed by atoms with E-state index in [-0.39, 0.29) is 106 Å². The van der Waals surface area contributed by atoms with Gasteiger partial charge in [0.05, 0.1) is 60.1 Å². The molecule has 630 valence electrons. The van der Waals surface area contributed by atoms with E-state index in [1.54, 1.807) is 20.8 Å². The van der Waals surface area contributed by atoms with E-state index >= 15 is 0 Å². The van der Waals surface area contributed by atoms with Crippen molar-refractivity contribution in [2.24, 2.45) is 0 Å². The number of carbonyl (C=O) groups is 3. The van der Waals surface area contributed by atoms with E-state index < -0.39 is 147 Å². The lowest BCUT2D eigenvalue weighted by Crippen LogP contribution is -2.44. The number of nitrogens with one attached hydrogen (secondary N) is 3. The van der Waals surface area contributed by atoms with Gasteiger partial charge in [-0.3, -0.25) is 41.8 Å². The minimum Gasteiger partial charge on any atom is -0.479 e. The van der Waals surface area contributed by atoms with Crippen LogP contribution in [0.5, 0.6) is 17.6 Å². The molecule has 15 rings (SSSR count). The van der Waals surface area contributed by atoms with Crippen LogP contribution in [0.4, 0.5) is 17.8 Å². The minimum absolute atomic E-state index is 0.0761. The number of methoxy groups -OCH3 is 3. The van der Waals surface area contributed by atoms with E-state index in [1.165, 1.54) is 74.8 Å². The van der Waals surface area contributed by atoms with Crippen LogP contribution in [0.3, 0.4) is 0 Å². The topological polar surface area (TPSA) is 580 Å². The zero-order valence-corrected chi connectivity index (χ0v) is 69.1. The van der Waals surface area contributed by atoms with Gasteiger partial charge in [0, 0.05) is 17.3 Å². The third-order valence-electron chi connectivity index (χ3n) is 19.8. The number of imidazole rings is 3. The number of nitrogen functional groups attached to an aromatic ring is 3. The first-order chi connectivity index (χ1) is 55.6. The third-order valence-corrected chi connectivity index (χ3v) is 31.9. The van der Waals surface area contributed by atoms with E-state index in [2.05, 4.69) is 60.1 Å². The van der Waals surface area contributed by atoms with Crippen LogP contribution >= 0.6 is 54.3 Å². The highest BCUT2D eigenvalue weighted by molar-refractivity contribution is 8.57. The van der Waals surface area contributed by atoms with Gasteiger partial charge in [-0.1, -0.05) is 125 Å². The van der Waals surface area contributed by atoms with Crippen molar-refractivity contribution < 1.29 is 115 Å². The Labute approximate surface area is 678 Å². The number of aliphatic hydroxyl groups excluding tert-OH is 3. The van der Waals surface area contributed by atoms with Crippen LogP contribution in [0.25, 0.3) is 33.5 Å². The minimum atomic E-state index is -3.53. The SMILES string of the molecule is COc1nc(N)nc2c1ncn2[C@@H]1OC(COP2(=O)NC(C(=O)O[C@@H](C)c3ccccc3)CS2)[C@@H](O)[C@@]1(C)O.COc1nc(N)nc2c1ncn2[C@@H]1OC(CO[P@@]2(=O)NC(C(=O)O[C@@H](C)c3ccccc3)CS2)[C@@H](O)[C@@]1(C)O.COc1nc(N)nc2c1ncn2[C@@H]1OC(CO[P@]2(=O)NC(C(=O)O[C@@H](C)c3ccccc3)CS2)[C@@H](O)[C@@]1(C)O. The molecule has 9 aromatic rings. The maximum absolute atomic E-state index is 13.3. The van der Waals surface area contributed by atoms with Crippen molar-refractivity contribution in [1.29, 1.82) is 0 Å². The lowest BCUT2D eigenvalue weighted by atomic mass is 9.96. The van der Waals surface area contributed by atoms with Crippen molar-refractivity contribution in [2.45, 2.75) is 150 Å². The highest BCUT2D eigenvalue weighted by Gasteiger charge is 2.58. The molecule has 21 atom stereocenters. The van der Waals surface area contributed by atoms with Gasteiger partial charge in [0.2, 0.25) is 35.5 Å². The Morgan fingerprint density at radius 1 is 0.462 bits per heavy atom. The molecule has 0 spiro atoms. The number of nitrogens with two attached hydrogens (primary N) is 3. The van der Waals surface area contributed by atoms with Gasteiger partial charge < -0.3 is 104 Å². The largest absolute Gasteiger partial charge is 0.479 e. The molecule has 0 radical (unpaired) electrons. The molecule has 6 saturated heterocycles. The number of ether oxygens (including phenoxy) is 9. The average molecular weight is 1740 g/mol. The lowest BCUT2D eigenvalue weighted by Gasteiger charge is -2.27. The Hall–Kier alpha value is -8.34. The molecule has 15 N–H and O–H groups in total. The molecule has 0 aliphatic carbocycles. The van der Waals surface area contributed by atoms with E-state index in [9.17, 15) is 58.7 Å². The van der Waals surface area contributed by atoms with Gasteiger partial charge >= 0.3 is 38.1 Å². The third kappa shape index (κ3) is 18.4. The van der Waals surface area contributed by atoms with Gasteiger partial charge in [-0.2, -0.15) is 29.9 Å². The van der Waals surface area contributed by atoms with E-state index in [4.69, 9.17) is 73.4 Å². The van der Waals surface area contributed by atoms with Gasteiger partial charge in [0.25, 0.3) is 0 Å². The second-order valence-corrected chi connectivity index (χ2v) is 41.1. The number of hydrogen-bond acceptors (Lipinski definition) is 39. The summed E-state index contributed by atoms with van der Waals surface area (Å²) in [5.74, 6) is -0.929. The Kier molecular flexibility index (Phi) is 26.0. The number of rotatable bonds is 24. The molecule has 6 fully saturated rings. The Morgan fingerprint density at radius 3 is 0.949 bits per heavy atom. The summed E-state index contributed by atoms with van der Waals surface area (Å²) in [7, 11) is 4.22. The van der Waals surface area contributed by atoms with Gasteiger partial charge in [-0.05, 0) is 58.2 Å². The Bertz CT molecular complexity index is 4730. The predicted molar refractivity (Wildman–Crippen MR) is 422 cm³/mol. The normalized spacial score (nSPS) is 31.4. The second-order valence-electron chi connectivity index (χ2n) is 28.1. The van der Waals surface area contributed by atoms with Crippen LogP contribution in [-0.2, 0) is 70.1 Å². The smallest absolute Gasteiger partial charge is 0.327 e. The van der Waals surface area contributed by atoms with Gasteiger partial charge in [-0.15, -0.1) is 0 Å². The number of aliphatic hydroxyl groups is 6. The highest BCUT2D eigenvalue weighted by atomic mass is 32.7. The molecular formula is C69H87N18O24P3S3. The molecule has 7 unspecified atom stereocenters. The first-order valence-electron chi connectivity index (χ1n) is 36.1. The summed E-state index contributed by atoms with van der Waals surface area (Å²) in [6.45, 7) is -2.16. The summed E-state index contributed by atoms with van der Waals surface area (Å²) in [6, 6.07) is 25.3. The maximum Gasteiger partial charge on any atom is 0.327 e. The average Bonchev–Trinajstić information content (AvgIpc) is 1.60. The van der Waals surface area contributed by atoms with Crippen LogP contribution in [0.1, 0.15) is 95.2 Å². The van der Waals surface area contributed by atoms with E-state index in [0.717, 1.165) is 50.8 Å². The maximum atomic E-state index is 13.3. The summed E-state index contributed by atoms with van der Waals surface area (Å²) in [5, 5.41) is 74.2. The summed E-state index contributed by atoms with van der Waals surface area (Å²) in [5.41, 5.74) is 16.0. The van der Waals surface area contributed by atoms with Crippen molar-refractivity contribution in [3.05, 3.63) is 127 Å². The quantitative estimate of drug-likeness (QED) is 0.0222. The fraction of sp³-hybridized carbons (Fsp3) is 0.478. The van der Waals surface area contributed by atoms with Crippen LogP contribution in [-0.4, -0.2) is 237 Å². The highest BCUT2D eigenvalue weighted by Crippen LogP contribution is 2.63. The van der Waals surface area contributed by atoms with Crippen molar-refractivity contribution in [1.82, 2.24) is 73.8 Å². The van der Waals surface area contributed by atoms with Crippen LogP contribution in [0, 0.1) is 0 Å². The van der Waals surface area contributed by atoms with Crippen LogP contribution < -0.4 is 46.7 Å². The second kappa shape index (κ2) is 35.2. The molecule has 0 saturated carbocycles. The van der Waals surface area contributed by atoms with Crippen molar-refractivity contribution in [3.8, 4) is 17.6 Å². The molecule has 117 heavy (non-hydrogen) atoms. The van der Waals surface area contributed by atoms with Gasteiger partial charge in [-0.25, -0.2) is 30.2 Å². The zero-order valence-electron chi connectivity index (χ0n) is 64.0. The first kappa shape index (κ1) is 86.5. The number of fused-ring (bicyclic) bond motifs is 3. The van der Waals surface area contributed by atoms with E-state index in [1.807, 2.05) is 91.0 Å². The van der Waals surface area contributed by atoms with Crippen molar-refractivity contribution >= 4 is 124 Å². The number of carbonyl (C=O) groups excluding carboxylic acids is 3. The molecule has 6 aromatic heterocycles. The summed E-state index contributed by atoms with van der Waals surface area (Å²) in [4.78, 5) is 75.1. The molecule has 12 heterocycles. The number of hydrogen-bond donors (Lipinski definition) is 12. The fourth-order valence-electron chi connectivity index (χ4n) is 13.4. The Morgan fingerprint density at radius 2 is 0.709 bits per heavy atom. The Balaban J connectivity index is 0.000000152. The van der Waals surface area contributed by atoms with Gasteiger partial charge in [0.15, 0.2) is 52.2 Å².